The summed E-state index contributed by atoms with van der Waals surface area (Å²) >= 11 is 1.45. The minimum atomic E-state index is -0.593. The number of hydrogen-bond donors (Lipinski definition) is 2. The number of fused-ring (bicyclic) bond motifs is 1. The number of nitro groups is 1. The molecule has 0 bridgehead atoms. The molecule has 1 atom stereocenters. The number of carbonyl (C=O) groups is 1. The van der Waals surface area contributed by atoms with E-state index in [4.69, 9.17) is 0 Å². The number of aromatic amines is 1. The Labute approximate surface area is 171 Å². The first-order chi connectivity index (χ1) is 13.8. The van der Waals surface area contributed by atoms with Crippen LogP contribution in [-0.4, -0.2) is 25.9 Å². The number of aromatic nitrogens is 2. The highest BCUT2D eigenvalue weighted by Crippen LogP contribution is 2.43. The van der Waals surface area contributed by atoms with Crippen molar-refractivity contribution in [1.29, 1.82) is 0 Å². The molecule has 0 amide bonds. The first-order valence-corrected chi connectivity index (χ1v) is 10.3. The average Bonchev–Trinajstić information content (AvgIpc) is 2.66. The number of hydrogen-bond acceptors (Lipinski definition) is 7. The van der Waals surface area contributed by atoms with Crippen LogP contribution < -0.4 is 10.9 Å². The van der Waals surface area contributed by atoms with E-state index >= 15 is 0 Å². The summed E-state index contributed by atoms with van der Waals surface area (Å²) in [7, 11) is 0. The summed E-state index contributed by atoms with van der Waals surface area (Å²) in [6.45, 7) is 4.02. The highest BCUT2D eigenvalue weighted by molar-refractivity contribution is 7.99. The Kier molecular flexibility index (Phi) is 4.99. The molecular formula is C20H20N4O4S. The van der Waals surface area contributed by atoms with E-state index in [1.807, 2.05) is 13.8 Å². The van der Waals surface area contributed by atoms with Crippen molar-refractivity contribution in [1.82, 2.24) is 9.97 Å². The second-order valence-electron chi connectivity index (χ2n) is 7.38. The Hall–Kier alpha value is -2.94. The molecule has 1 aromatic heterocycles. The van der Waals surface area contributed by atoms with Crippen molar-refractivity contribution in [2.75, 3.05) is 5.32 Å². The second kappa shape index (κ2) is 7.47. The topological polar surface area (TPSA) is 118 Å². The highest BCUT2D eigenvalue weighted by atomic mass is 32.2. The number of nitrogens with zero attached hydrogens (tertiary/aromatic N) is 2. The molecule has 0 saturated heterocycles. The summed E-state index contributed by atoms with van der Waals surface area (Å²) in [6, 6.07) is 6.02. The number of rotatable bonds is 4. The lowest BCUT2D eigenvalue weighted by molar-refractivity contribution is -0.384. The Balaban J connectivity index is 1.89. The summed E-state index contributed by atoms with van der Waals surface area (Å²) < 4.78 is 0. The van der Waals surface area contributed by atoms with Gasteiger partial charge < -0.3 is 10.3 Å². The second-order valence-corrected chi connectivity index (χ2v) is 8.94. The average molecular weight is 412 g/mol. The third-order valence-corrected chi connectivity index (χ3v) is 5.91. The van der Waals surface area contributed by atoms with E-state index in [9.17, 15) is 19.7 Å². The molecule has 2 heterocycles. The summed E-state index contributed by atoms with van der Waals surface area (Å²) in [5.74, 6) is -0.148. The van der Waals surface area contributed by atoms with Crippen LogP contribution in [0.1, 0.15) is 50.2 Å². The van der Waals surface area contributed by atoms with E-state index < -0.39 is 10.8 Å². The first kappa shape index (κ1) is 19.4. The lowest BCUT2D eigenvalue weighted by Gasteiger charge is -2.32. The minimum Gasteiger partial charge on any atom is -0.343 e. The van der Waals surface area contributed by atoms with Crippen LogP contribution in [0.15, 0.2) is 45.5 Å². The van der Waals surface area contributed by atoms with Crippen LogP contribution in [0.5, 0.6) is 0 Å². The number of H-pyrrole nitrogens is 1. The molecule has 1 aliphatic carbocycles. The predicted molar refractivity (Wildman–Crippen MR) is 110 cm³/mol. The van der Waals surface area contributed by atoms with Crippen molar-refractivity contribution in [3.63, 3.8) is 0 Å². The third-order valence-electron chi connectivity index (χ3n) is 5.02. The van der Waals surface area contributed by atoms with Gasteiger partial charge in [-0.25, -0.2) is 4.98 Å². The van der Waals surface area contributed by atoms with Gasteiger partial charge in [0, 0.05) is 41.0 Å². The van der Waals surface area contributed by atoms with Crippen molar-refractivity contribution in [2.24, 2.45) is 0 Å². The molecule has 150 valence electrons. The lowest BCUT2D eigenvalue weighted by Crippen LogP contribution is -2.32. The fourth-order valence-electron chi connectivity index (χ4n) is 3.84. The van der Waals surface area contributed by atoms with Gasteiger partial charge in [-0.05, 0) is 18.4 Å². The number of non-ortho nitro benzene ring substituents is 1. The summed E-state index contributed by atoms with van der Waals surface area (Å²) in [4.78, 5) is 43.7. The van der Waals surface area contributed by atoms with Crippen molar-refractivity contribution in [3.05, 3.63) is 67.1 Å². The number of Topliss-reactive ketones (excluding diaryl/α,β-unsaturated/α-hetero) is 1. The van der Waals surface area contributed by atoms with E-state index in [1.165, 1.54) is 23.9 Å². The number of nitro benzene ring substituents is 1. The smallest absolute Gasteiger partial charge is 0.269 e. The van der Waals surface area contributed by atoms with Crippen LogP contribution in [0.3, 0.4) is 0 Å². The summed E-state index contributed by atoms with van der Waals surface area (Å²) in [5.41, 5.74) is 2.05. The first-order valence-electron chi connectivity index (χ1n) is 9.43. The molecule has 2 N–H and O–H groups in total. The molecule has 1 aliphatic heterocycles. The molecule has 0 radical (unpaired) electrons. The van der Waals surface area contributed by atoms with Crippen LogP contribution in [-0.2, 0) is 4.79 Å². The van der Waals surface area contributed by atoms with Crippen LogP contribution in [0.4, 0.5) is 11.5 Å². The fourth-order valence-corrected chi connectivity index (χ4v) is 4.58. The van der Waals surface area contributed by atoms with Crippen molar-refractivity contribution >= 4 is 29.1 Å². The maximum atomic E-state index is 13.0. The monoisotopic (exact) mass is 412 g/mol. The van der Waals surface area contributed by atoms with Gasteiger partial charge in [0.1, 0.15) is 5.82 Å². The zero-order valence-corrected chi connectivity index (χ0v) is 16.8. The molecule has 1 aromatic carbocycles. The van der Waals surface area contributed by atoms with Crippen molar-refractivity contribution in [3.8, 4) is 0 Å². The van der Waals surface area contributed by atoms with Crippen molar-refractivity contribution in [2.45, 2.75) is 49.4 Å². The molecule has 9 heteroatoms. The lowest BCUT2D eigenvalue weighted by atomic mass is 9.76. The van der Waals surface area contributed by atoms with E-state index in [-0.39, 0.29) is 22.3 Å². The normalized spacial score (nSPS) is 18.3. The Morgan fingerprint density at radius 1 is 1.21 bits per heavy atom. The molecule has 2 aliphatic rings. The Bertz CT molecular complexity index is 1090. The number of allylic oxidation sites excluding steroid dienone is 2. The van der Waals surface area contributed by atoms with Crippen LogP contribution >= 0.6 is 11.8 Å². The van der Waals surface area contributed by atoms with Gasteiger partial charge in [0.25, 0.3) is 11.2 Å². The van der Waals surface area contributed by atoms with Gasteiger partial charge in [0.05, 0.1) is 10.5 Å². The molecule has 1 unspecified atom stereocenters. The number of benzene rings is 1. The minimum absolute atomic E-state index is 0.00668. The summed E-state index contributed by atoms with van der Waals surface area (Å²) in [5, 5.41) is 15.0. The van der Waals surface area contributed by atoms with E-state index in [2.05, 4.69) is 15.3 Å². The number of anilines is 1. The van der Waals surface area contributed by atoms with Gasteiger partial charge in [-0.1, -0.05) is 37.7 Å². The molecule has 0 fully saturated rings. The van der Waals surface area contributed by atoms with Gasteiger partial charge in [0.2, 0.25) is 0 Å². The van der Waals surface area contributed by atoms with Gasteiger partial charge in [-0.2, -0.15) is 0 Å². The molecule has 0 spiro atoms. The molecule has 4 rings (SSSR count). The number of thioether (sulfide) groups is 1. The quantitative estimate of drug-likeness (QED) is 0.340. The summed E-state index contributed by atoms with van der Waals surface area (Å²) in [6.07, 6.45) is 1.86. The van der Waals surface area contributed by atoms with E-state index in [0.29, 0.717) is 40.5 Å². The maximum absolute atomic E-state index is 13.0. The standard InChI is InChI=1S/C20H20N4O4S/c1-10(2)29-20-22-18-17(19(26)23-20)15(11-6-8-12(9-7-11)24(27)28)16-13(21-18)4-3-5-14(16)25/h6-10,15H,3-5H2,1-2H3,(H2,21,22,23,26). The van der Waals surface area contributed by atoms with E-state index in [0.717, 1.165) is 12.1 Å². The third kappa shape index (κ3) is 3.57. The zero-order chi connectivity index (χ0) is 20.7. The molecule has 8 nitrogen and oxygen atoms in total. The Morgan fingerprint density at radius 2 is 1.93 bits per heavy atom. The van der Waals surface area contributed by atoms with E-state index in [1.54, 1.807) is 12.1 Å². The molecular weight excluding hydrogens is 392 g/mol. The van der Waals surface area contributed by atoms with Crippen LogP contribution in [0.25, 0.3) is 0 Å². The zero-order valence-electron chi connectivity index (χ0n) is 16.0. The van der Waals surface area contributed by atoms with Crippen LogP contribution in [0, 0.1) is 10.1 Å². The van der Waals surface area contributed by atoms with Gasteiger partial charge in [-0.3, -0.25) is 19.7 Å². The van der Waals surface area contributed by atoms with Crippen molar-refractivity contribution < 1.29 is 9.72 Å². The highest BCUT2D eigenvalue weighted by Gasteiger charge is 2.38. The Morgan fingerprint density at radius 3 is 2.59 bits per heavy atom. The molecule has 2 aromatic rings. The van der Waals surface area contributed by atoms with Gasteiger partial charge in [-0.15, -0.1) is 0 Å². The maximum Gasteiger partial charge on any atom is 0.269 e. The van der Waals surface area contributed by atoms with Crippen LogP contribution in [0.2, 0.25) is 0 Å². The number of carbonyl (C=O) groups excluding carboxylic acids is 1. The molecule has 29 heavy (non-hydrogen) atoms. The van der Waals surface area contributed by atoms with Gasteiger partial charge >= 0.3 is 0 Å². The largest absolute Gasteiger partial charge is 0.343 e. The molecule has 0 saturated carbocycles. The SMILES string of the molecule is CC(C)Sc1nc2c(c(=O)[nH]1)C(c1ccc([N+](=O)[O-])cc1)C1=C(CCCC1=O)N2. The number of nitrogens with one attached hydrogen (secondary N) is 2. The number of ketones is 1. The van der Waals surface area contributed by atoms with Gasteiger partial charge in [0.15, 0.2) is 10.9 Å². The fraction of sp³-hybridized carbons (Fsp3) is 0.350. The predicted octanol–water partition coefficient (Wildman–Crippen LogP) is 3.74.